The standard InChI is InChI=1S/C16H16N4O3/c21-16(2-1-13-3-5-17-6-4-13)20(7-14-9-22-11-18-14)8-15-10-23-12-19-15/h3-6,9-12H,1-2,7-8H2. The molecule has 7 nitrogen and oxygen atoms in total. The number of pyridine rings is 1. The summed E-state index contributed by atoms with van der Waals surface area (Å²) in [6.45, 7) is 0.747. The monoisotopic (exact) mass is 312 g/mol. The van der Waals surface area contributed by atoms with Crippen molar-refractivity contribution in [3.05, 3.63) is 66.8 Å². The first kappa shape index (κ1) is 15.0. The van der Waals surface area contributed by atoms with E-state index in [0.717, 1.165) is 5.56 Å². The van der Waals surface area contributed by atoms with Crippen LogP contribution in [0.15, 0.2) is 58.7 Å². The van der Waals surface area contributed by atoms with Crippen molar-refractivity contribution in [3.63, 3.8) is 0 Å². The summed E-state index contributed by atoms with van der Waals surface area (Å²) in [5.41, 5.74) is 2.48. The Bertz CT molecular complexity index is 675. The lowest BCUT2D eigenvalue weighted by atomic mass is 10.1. The Morgan fingerprint density at radius 2 is 1.61 bits per heavy atom. The van der Waals surface area contributed by atoms with E-state index in [4.69, 9.17) is 8.83 Å². The van der Waals surface area contributed by atoms with Crippen molar-refractivity contribution in [2.45, 2.75) is 25.9 Å². The van der Waals surface area contributed by atoms with Crippen molar-refractivity contribution in [1.82, 2.24) is 19.9 Å². The summed E-state index contributed by atoms with van der Waals surface area (Å²) >= 11 is 0. The molecule has 0 aromatic carbocycles. The second kappa shape index (κ2) is 7.35. The summed E-state index contributed by atoms with van der Waals surface area (Å²) in [7, 11) is 0. The van der Waals surface area contributed by atoms with Crippen molar-refractivity contribution in [1.29, 1.82) is 0 Å². The predicted octanol–water partition coefficient (Wildman–Crippen LogP) is 2.22. The molecule has 7 heteroatoms. The van der Waals surface area contributed by atoms with E-state index in [1.54, 1.807) is 17.3 Å². The average molecular weight is 312 g/mol. The summed E-state index contributed by atoms with van der Waals surface area (Å²) in [4.78, 5) is 26.4. The minimum Gasteiger partial charge on any atom is -0.451 e. The molecule has 0 aliphatic rings. The van der Waals surface area contributed by atoms with Gasteiger partial charge in [0.15, 0.2) is 12.8 Å². The van der Waals surface area contributed by atoms with Gasteiger partial charge in [-0.1, -0.05) is 0 Å². The molecule has 0 unspecified atom stereocenters. The number of aryl methyl sites for hydroxylation is 1. The first-order valence-electron chi connectivity index (χ1n) is 7.22. The molecule has 1 amide bonds. The zero-order valence-corrected chi connectivity index (χ0v) is 12.5. The highest BCUT2D eigenvalue weighted by Gasteiger charge is 2.17. The number of carbonyl (C=O) groups excluding carboxylic acids is 1. The van der Waals surface area contributed by atoms with Crippen LogP contribution in [0, 0.1) is 0 Å². The molecule has 0 aliphatic heterocycles. The van der Waals surface area contributed by atoms with Gasteiger partial charge in [-0.05, 0) is 24.1 Å². The van der Waals surface area contributed by atoms with Crippen LogP contribution in [-0.2, 0) is 24.3 Å². The van der Waals surface area contributed by atoms with Gasteiger partial charge >= 0.3 is 0 Å². The molecule has 0 N–H and O–H groups in total. The van der Waals surface area contributed by atoms with Gasteiger partial charge in [-0.15, -0.1) is 0 Å². The van der Waals surface area contributed by atoms with E-state index in [2.05, 4.69) is 15.0 Å². The van der Waals surface area contributed by atoms with Gasteiger partial charge in [0.1, 0.15) is 12.5 Å². The van der Waals surface area contributed by atoms with Crippen molar-refractivity contribution in [2.24, 2.45) is 0 Å². The number of amides is 1. The number of hydrogen-bond donors (Lipinski definition) is 0. The quantitative estimate of drug-likeness (QED) is 0.665. The lowest BCUT2D eigenvalue weighted by Gasteiger charge is -2.20. The Morgan fingerprint density at radius 3 is 2.13 bits per heavy atom. The number of oxazole rings is 2. The zero-order valence-electron chi connectivity index (χ0n) is 12.5. The molecule has 3 aromatic rings. The van der Waals surface area contributed by atoms with Crippen LogP contribution < -0.4 is 0 Å². The minimum atomic E-state index is 0.0211. The molecule has 23 heavy (non-hydrogen) atoms. The van der Waals surface area contributed by atoms with E-state index in [9.17, 15) is 4.79 Å². The molecule has 0 spiro atoms. The van der Waals surface area contributed by atoms with Crippen LogP contribution in [0.25, 0.3) is 0 Å². The summed E-state index contributed by atoms with van der Waals surface area (Å²) in [6, 6.07) is 3.82. The Hall–Kier alpha value is -2.96. The highest BCUT2D eigenvalue weighted by atomic mass is 16.3. The normalized spacial score (nSPS) is 10.6. The molecule has 3 heterocycles. The van der Waals surface area contributed by atoms with E-state index < -0.39 is 0 Å². The number of aromatic nitrogens is 3. The van der Waals surface area contributed by atoms with Gasteiger partial charge in [0.25, 0.3) is 0 Å². The number of carbonyl (C=O) groups is 1. The van der Waals surface area contributed by atoms with Gasteiger partial charge in [0.2, 0.25) is 5.91 Å². The molecule has 0 fully saturated rings. The van der Waals surface area contributed by atoms with Crippen LogP contribution in [0.2, 0.25) is 0 Å². The molecule has 0 radical (unpaired) electrons. The fraction of sp³-hybridized carbons (Fsp3) is 0.250. The van der Waals surface area contributed by atoms with Crippen LogP contribution in [0.5, 0.6) is 0 Å². The Kier molecular flexibility index (Phi) is 4.78. The van der Waals surface area contributed by atoms with Crippen molar-refractivity contribution < 1.29 is 13.6 Å². The van der Waals surface area contributed by atoms with Crippen LogP contribution in [-0.4, -0.2) is 25.8 Å². The third-order valence-electron chi connectivity index (χ3n) is 3.40. The highest BCUT2D eigenvalue weighted by molar-refractivity contribution is 5.76. The summed E-state index contributed by atoms with van der Waals surface area (Å²) in [6.07, 6.45) is 10.3. The fourth-order valence-corrected chi connectivity index (χ4v) is 2.21. The number of hydrogen-bond acceptors (Lipinski definition) is 6. The molecule has 3 rings (SSSR count). The Labute approximate surface area is 133 Å². The van der Waals surface area contributed by atoms with Crippen molar-refractivity contribution in [3.8, 4) is 0 Å². The third-order valence-corrected chi connectivity index (χ3v) is 3.40. The van der Waals surface area contributed by atoms with Crippen LogP contribution in [0.3, 0.4) is 0 Å². The molecule has 3 aromatic heterocycles. The number of nitrogens with zero attached hydrogens (tertiary/aromatic N) is 4. The van der Waals surface area contributed by atoms with Gasteiger partial charge in [-0.2, -0.15) is 0 Å². The van der Waals surface area contributed by atoms with Crippen molar-refractivity contribution in [2.75, 3.05) is 0 Å². The maximum Gasteiger partial charge on any atom is 0.223 e. The molecular weight excluding hydrogens is 296 g/mol. The van der Waals surface area contributed by atoms with Gasteiger partial charge in [0, 0.05) is 18.8 Å². The van der Waals surface area contributed by atoms with Crippen molar-refractivity contribution >= 4 is 5.91 Å². The maximum atomic E-state index is 12.6. The predicted molar refractivity (Wildman–Crippen MR) is 79.8 cm³/mol. The van der Waals surface area contributed by atoms with Gasteiger partial charge in [-0.25, -0.2) is 9.97 Å². The first-order chi connectivity index (χ1) is 11.3. The lowest BCUT2D eigenvalue weighted by Crippen LogP contribution is -2.30. The third kappa shape index (κ3) is 4.26. The summed E-state index contributed by atoms with van der Waals surface area (Å²) in [5, 5.41) is 0. The molecule has 0 atom stereocenters. The highest BCUT2D eigenvalue weighted by Crippen LogP contribution is 2.11. The molecule has 118 valence electrons. The minimum absolute atomic E-state index is 0.0211. The SMILES string of the molecule is O=C(CCc1ccncc1)N(Cc1cocn1)Cc1cocn1. The topological polar surface area (TPSA) is 85.3 Å². The first-order valence-corrected chi connectivity index (χ1v) is 7.22. The molecule has 0 saturated carbocycles. The molecule has 0 aliphatic carbocycles. The summed E-state index contributed by atoms with van der Waals surface area (Å²) in [5.74, 6) is 0.0211. The second-order valence-electron chi connectivity index (χ2n) is 5.06. The van der Waals surface area contributed by atoms with Crippen LogP contribution in [0.4, 0.5) is 0 Å². The van der Waals surface area contributed by atoms with Crippen LogP contribution in [0.1, 0.15) is 23.4 Å². The van der Waals surface area contributed by atoms with E-state index in [1.165, 1.54) is 25.3 Å². The number of rotatable bonds is 7. The van der Waals surface area contributed by atoms with E-state index in [1.807, 2.05) is 12.1 Å². The molecule has 0 bridgehead atoms. The van der Waals surface area contributed by atoms with Crippen LogP contribution >= 0.6 is 0 Å². The molecule has 0 saturated heterocycles. The second-order valence-corrected chi connectivity index (χ2v) is 5.06. The van der Waals surface area contributed by atoms with E-state index in [-0.39, 0.29) is 5.91 Å². The zero-order chi connectivity index (χ0) is 15.9. The fourth-order valence-electron chi connectivity index (χ4n) is 2.21. The largest absolute Gasteiger partial charge is 0.451 e. The molecular formula is C16H16N4O3. The lowest BCUT2D eigenvalue weighted by molar-refractivity contribution is -0.132. The van der Waals surface area contributed by atoms with Gasteiger partial charge in [-0.3, -0.25) is 9.78 Å². The van der Waals surface area contributed by atoms with Gasteiger partial charge < -0.3 is 13.7 Å². The van der Waals surface area contributed by atoms with E-state index >= 15 is 0 Å². The Morgan fingerprint density at radius 1 is 1.00 bits per heavy atom. The smallest absolute Gasteiger partial charge is 0.223 e. The summed E-state index contributed by atoms with van der Waals surface area (Å²) < 4.78 is 9.94. The maximum absolute atomic E-state index is 12.6. The Balaban J connectivity index is 1.65. The van der Waals surface area contributed by atoms with Gasteiger partial charge in [0.05, 0.1) is 24.5 Å². The van der Waals surface area contributed by atoms with E-state index in [0.29, 0.717) is 37.3 Å². The average Bonchev–Trinajstić information content (AvgIpc) is 3.27.